The first-order chi connectivity index (χ1) is 12.0. The first-order valence-electron chi connectivity index (χ1n) is 8.35. The smallest absolute Gasteiger partial charge is 0.225 e. The van der Waals surface area contributed by atoms with Crippen LogP contribution in [0.2, 0.25) is 0 Å². The Morgan fingerprint density at radius 3 is 2.80 bits per heavy atom. The van der Waals surface area contributed by atoms with E-state index in [4.69, 9.17) is 5.73 Å². The van der Waals surface area contributed by atoms with Crippen LogP contribution in [-0.4, -0.2) is 39.2 Å². The second-order valence-electron chi connectivity index (χ2n) is 6.39. The van der Waals surface area contributed by atoms with Gasteiger partial charge in [0.15, 0.2) is 17.5 Å². The third kappa shape index (κ3) is 3.84. The van der Waals surface area contributed by atoms with Crippen molar-refractivity contribution in [1.82, 2.24) is 19.7 Å². The van der Waals surface area contributed by atoms with Crippen molar-refractivity contribution < 1.29 is 13.6 Å². The lowest BCUT2D eigenvalue weighted by Gasteiger charge is -2.25. The van der Waals surface area contributed by atoms with Gasteiger partial charge in [0.2, 0.25) is 5.91 Å². The van der Waals surface area contributed by atoms with E-state index in [2.05, 4.69) is 15.0 Å². The normalized spacial score (nSPS) is 18.9. The molecule has 8 heteroatoms. The molecule has 1 aliphatic rings. The fourth-order valence-corrected chi connectivity index (χ4v) is 3.20. The zero-order valence-electron chi connectivity index (χ0n) is 14.1. The van der Waals surface area contributed by atoms with Crippen molar-refractivity contribution in [2.24, 2.45) is 5.73 Å². The van der Waals surface area contributed by atoms with E-state index in [1.54, 1.807) is 0 Å². The Morgan fingerprint density at radius 1 is 1.28 bits per heavy atom. The number of nitrogens with two attached hydrogens (primary N) is 1. The van der Waals surface area contributed by atoms with Gasteiger partial charge in [0.05, 0.1) is 18.2 Å². The van der Waals surface area contributed by atoms with Gasteiger partial charge in [-0.25, -0.2) is 18.4 Å². The zero-order chi connectivity index (χ0) is 18.0. The predicted molar refractivity (Wildman–Crippen MR) is 88.0 cm³/mol. The third-order valence-electron chi connectivity index (χ3n) is 4.47. The summed E-state index contributed by atoms with van der Waals surface area (Å²) in [7, 11) is 2.01. The van der Waals surface area contributed by atoms with Gasteiger partial charge in [0, 0.05) is 6.07 Å². The van der Waals surface area contributed by atoms with E-state index in [1.165, 1.54) is 10.7 Å². The van der Waals surface area contributed by atoms with E-state index in [0.717, 1.165) is 44.4 Å². The van der Waals surface area contributed by atoms with Gasteiger partial charge in [-0.05, 0) is 38.6 Å². The molecule has 2 heterocycles. The quantitative estimate of drug-likeness (QED) is 0.917. The molecule has 0 saturated carbocycles. The largest absolute Gasteiger partial charge is 0.369 e. The number of nitrogens with zero attached hydrogens (tertiary/aromatic N) is 4. The van der Waals surface area contributed by atoms with Crippen molar-refractivity contribution in [3.63, 3.8) is 0 Å². The van der Waals surface area contributed by atoms with Gasteiger partial charge in [-0.3, -0.25) is 9.69 Å². The van der Waals surface area contributed by atoms with Crippen molar-refractivity contribution in [3.8, 4) is 5.69 Å². The molecule has 6 nitrogen and oxygen atoms in total. The number of aromatic nitrogens is 3. The highest BCUT2D eigenvalue weighted by atomic mass is 19.2. The average molecular weight is 349 g/mol. The van der Waals surface area contributed by atoms with Crippen molar-refractivity contribution in [2.45, 2.75) is 38.1 Å². The molecule has 2 N–H and O–H groups in total. The number of benzene rings is 1. The minimum absolute atomic E-state index is 0.00950. The number of amides is 1. The molecule has 0 bridgehead atoms. The maximum atomic E-state index is 13.7. The van der Waals surface area contributed by atoms with Gasteiger partial charge in [0.1, 0.15) is 5.82 Å². The Hall–Kier alpha value is -2.35. The predicted octanol–water partition coefficient (Wildman–Crippen LogP) is 2.12. The maximum Gasteiger partial charge on any atom is 0.225 e. The van der Waals surface area contributed by atoms with Crippen molar-refractivity contribution in [3.05, 3.63) is 41.5 Å². The number of halogens is 2. The van der Waals surface area contributed by atoms with Crippen LogP contribution in [0.4, 0.5) is 8.78 Å². The standard InChI is InChI=1S/C17H21F2N5O/c1-23-8-4-2-3-5-14(23)17-21-16(10-15(20)25)22-24(17)11-6-7-12(18)13(19)9-11/h6-7,9,14H,2-5,8,10H2,1H3,(H2,20,25)/t14-/m0/s1. The lowest BCUT2D eigenvalue weighted by molar-refractivity contribution is -0.117. The number of likely N-dealkylation sites (tertiary alicyclic amines) is 1. The number of rotatable bonds is 4. The number of carbonyl (C=O) groups is 1. The van der Waals surface area contributed by atoms with Crippen molar-refractivity contribution >= 4 is 5.91 Å². The lowest BCUT2D eigenvalue weighted by atomic mass is 10.1. The topological polar surface area (TPSA) is 77.0 Å². The highest BCUT2D eigenvalue weighted by molar-refractivity contribution is 5.75. The molecule has 0 radical (unpaired) electrons. The minimum atomic E-state index is -0.954. The molecule has 134 valence electrons. The summed E-state index contributed by atoms with van der Waals surface area (Å²) in [5.74, 6) is -1.52. The summed E-state index contributed by atoms with van der Waals surface area (Å²) in [4.78, 5) is 17.9. The van der Waals surface area contributed by atoms with E-state index in [9.17, 15) is 13.6 Å². The molecule has 1 aromatic heterocycles. The SMILES string of the molecule is CN1CCCCC[C@H]1c1nc(CC(N)=O)nn1-c1ccc(F)c(F)c1. The molecule has 1 amide bonds. The molecule has 2 aromatic rings. The molecule has 0 spiro atoms. The van der Waals surface area contributed by atoms with Gasteiger partial charge >= 0.3 is 0 Å². The van der Waals surface area contributed by atoms with Crippen LogP contribution in [0.3, 0.4) is 0 Å². The molecule has 25 heavy (non-hydrogen) atoms. The number of hydrogen-bond donors (Lipinski definition) is 1. The molecule has 3 rings (SSSR count). The van der Waals surface area contributed by atoms with E-state index in [0.29, 0.717) is 11.5 Å². The van der Waals surface area contributed by atoms with Gasteiger partial charge in [-0.2, -0.15) is 5.10 Å². The molecule has 1 saturated heterocycles. The summed E-state index contributed by atoms with van der Waals surface area (Å²) in [5.41, 5.74) is 5.62. The van der Waals surface area contributed by atoms with Crippen molar-refractivity contribution in [2.75, 3.05) is 13.6 Å². The monoisotopic (exact) mass is 349 g/mol. The van der Waals surface area contributed by atoms with Crippen molar-refractivity contribution in [1.29, 1.82) is 0 Å². The second kappa shape index (κ2) is 7.26. The number of hydrogen-bond acceptors (Lipinski definition) is 4. The Bertz CT molecular complexity index is 776. The summed E-state index contributed by atoms with van der Waals surface area (Å²) < 4.78 is 28.4. The summed E-state index contributed by atoms with van der Waals surface area (Å²) in [6.45, 7) is 0.917. The Balaban J connectivity index is 2.06. The van der Waals surface area contributed by atoms with Crippen LogP contribution >= 0.6 is 0 Å². The van der Waals surface area contributed by atoms with Gasteiger partial charge < -0.3 is 5.73 Å². The molecule has 1 aliphatic heterocycles. The molecular formula is C17H21F2N5O. The van der Waals surface area contributed by atoms with E-state index in [-0.39, 0.29) is 18.3 Å². The number of primary amides is 1. The summed E-state index contributed by atoms with van der Waals surface area (Å²) in [6, 6.07) is 3.57. The van der Waals surface area contributed by atoms with Gasteiger partial charge in [0.25, 0.3) is 0 Å². The van der Waals surface area contributed by atoms with Crippen LogP contribution in [-0.2, 0) is 11.2 Å². The van der Waals surface area contributed by atoms with Gasteiger partial charge in [-0.15, -0.1) is 0 Å². The molecule has 0 aliphatic carbocycles. The Kier molecular flexibility index (Phi) is 5.08. The fraction of sp³-hybridized carbons (Fsp3) is 0.471. The fourth-order valence-electron chi connectivity index (χ4n) is 3.20. The average Bonchev–Trinajstić information content (AvgIpc) is 2.83. The van der Waals surface area contributed by atoms with Crippen LogP contribution in [0.25, 0.3) is 5.69 Å². The van der Waals surface area contributed by atoms with E-state index < -0.39 is 17.5 Å². The summed E-state index contributed by atoms with van der Waals surface area (Å²) in [5, 5.41) is 4.32. The van der Waals surface area contributed by atoms with Crippen LogP contribution in [0, 0.1) is 11.6 Å². The highest BCUT2D eigenvalue weighted by Gasteiger charge is 2.26. The molecular weight excluding hydrogens is 328 g/mol. The molecule has 1 aromatic carbocycles. The van der Waals surface area contributed by atoms with Crippen LogP contribution in [0.15, 0.2) is 18.2 Å². The first kappa shape index (κ1) is 17.5. The molecule has 1 fully saturated rings. The number of carbonyl (C=O) groups excluding carboxylic acids is 1. The molecule has 1 atom stereocenters. The van der Waals surface area contributed by atoms with E-state index in [1.807, 2.05) is 7.05 Å². The maximum absolute atomic E-state index is 13.7. The lowest BCUT2D eigenvalue weighted by Crippen LogP contribution is -2.26. The summed E-state index contributed by atoms with van der Waals surface area (Å²) in [6.07, 6.45) is 4.06. The van der Waals surface area contributed by atoms with Gasteiger partial charge in [-0.1, -0.05) is 12.8 Å². The molecule has 0 unspecified atom stereocenters. The van der Waals surface area contributed by atoms with Crippen LogP contribution in [0.1, 0.15) is 43.4 Å². The first-order valence-corrected chi connectivity index (χ1v) is 8.35. The Labute approximate surface area is 144 Å². The van der Waals surface area contributed by atoms with E-state index >= 15 is 0 Å². The third-order valence-corrected chi connectivity index (χ3v) is 4.47. The minimum Gasteiger partial charge on any atom is -0.369 e. The summed E-state index contributed by atoms with van der Waals surface area (Å²) >= 11 is 0. The Morgan fingerprint density at radius 2 is 2.08 bits per heavy atom. The van der Waals surface area contributed by atoms with Crippen LogP contribution in [0.5, 0.6) is 0 Å². The zero-order valence-corrected chi connectivity index (χ0v) is 14.1. The second-order valence-corrected chi connectivity index (χ2v) is 6.39. The highest BCUT2D eigenvalue weighted by Crippen LogP contribution is 2.29. The van der Waals surface area contributed by atoms with Crippen LogP contribution < -0.4 is 5.73 Å².